The Kier molecular flexibility index (Phi) is 25.5. The Morgan fingerprint density at radius 2 is 0.903 bits per heavy atom. The second kappa shape index (κ2) is 30.3. The molecule has 72 heavy (non-hydrogen) atoms. The number of carbonyl (C=O) groups is 11. The van der Waals surface area contributed by atoms with E-state index in [4.69, 9.17) is 10.8 Å². The zero-order chi connectivity index (χ0) is 54.2. The SMILES string of the molecule is CC(C)C[C@H](NC(=O)[C@@H](NC(=O)[C@@H](N)CCC(=O)O)C(C)C)C(=O)N[C@@H](Cc1ccccc1)[C@@H](O)C(=O)N[C@@H](C)C(=O)N[C@@H](CCC(=O)O)C(=O)N[C@@H](CCC(=O)O)C(=O)N[C@@H](Cc1ccccc1)C(=O)O. The largest absolute Gasteiger partial charge is 0.481 e. The van der Waals surface area contributed by atoms with Crippen molar-refractivity contribution in [2.24, 2.45) is 17.6 Å². The standard InChI is InChI=1S/C48H68N8O16/c1-25(2)22-34(54-46(69)39(26(3)4)56-42(65)30(49)16-19-36(57)58)45(68)53-33(23-28-12-8-6-9-13-28)40(63)47(70)50-27(5)41(64)51-31(17-20-37(59)60)43(66)52-32(18-21-38(61)62)44(67)55-35(48(71)72)24-29-14-10-7-11-15-29/h6-15,25-27,30-35,39-40,63H,16-24,49H2,1-5H3,(H,50,70)(H,51,64)(H,52,66)(H,53,68)(H,54,69)(H,55,67)(H,56,65)(H,57,58)(H,59,60)(H,61,62)(H,71,72)/t27-,30-,31-,32-,33-,34-,35-,39-,40+/m0/s1. The lowest BCUT2D eigenvalue weighted by Crippen LogP contribution is -2.61. The van der Waals surface area contributed by atoms with Gasteiger partial charge in [-0.25, -0.2) is 4.79 Å². The van der Waals surface area contributed by atoms with Crippen molar-refractivity contribution in [3.05, 3.63) is 71.8 Å². The molecule has 24 nitrogen and oxygen atoms in total. The Labute approximate surface area is 416 Å². The van der Waals surface area contributed by atoms with Crippen LogP contribution in [0.3, 0.4) is 0 Å². The number of carboxylic acid groups (broad SMARTS) is 4. The lowest BCUT2D eigenvalue weighted by molar-refractivity contribution is -0.143. The maximum absolute atomic E-state index is 14.0. The maximum Gasteiger partial charge on any atom is 0.326 e. The van der Waals surface area contributed by atoms with Gasteiger partial charge in [0.25, 0.3) is 5.91 Å². The summed E-state index contributed by atoms with van der Waals surface area (Å²) in [6.07, 6.45) is -5.43. The van der Waals surface area contributed by atoms with Gasteiger partial charge >= 0.3 is 23.9 Å². The van der Waals surface area contributed by atoms with Crippen LogP contribution in [0.2, 0.25) is 0 Å². The number of amides is 7. The molecule has 396 valence electrons. The molecule has 0 unspecified atom stereocenters. The molecule has 2 aromatic carbocycles. The molecule has 0 aromatic heterocycles. The Balaban J connectivity index is 2.32. The van der Waals surface area contributed by atoms with Gasteiger partial charge in [-0.1, -0.05) is 88.4 Å². The van der Waals surface area contributed by atoms with Crippen molar-refractivity contribution < 1.29 is 78.3 Å². The van der Waals surface area contributed by atoms with E-state index in [1.165, 1.54) is 0 Å². The van der Waals surface area contributed by atoms with Crippen LogP contribution in [0.15, 0.2) is 60.7 Å². The number of benzene rings is 2. The number of hydrogen-bond donors (Lipinski definition) is 13. The summed E-state index contributed by atoms with van der Waals surface area (Å²) in [7, 11) is 0. The van der Waals surface area contributed by atoms with Crippen molar-refractivity contribution in [1.82, 2.24) is 37.2 Å². The van der Waals surface area contributed by atoms with Gasteiger partial charge in [0, 0.05) is 25.7 Å². The Morgan fingerprint density at radius 1 is 0.472 bits per heavy atom. The minimum atomic E-state index is -2.08. The number of carbonyl (C=O) groups excluding carboxylic acids is 7. The second-order valence-electron chi connectivity index (χ2n) is 18.0. The van der Waals surface area contributed by atoms with Gasteiger partial charge < -0.3 is 68.5 Å². The third-order valence-corrected chi connectivity index (χ3v) is 11.1. The van der Waals surface area contributed by atoms with Gasteiger partial charge in [0.15, 0.2) is 6.10 Å². The van der Waals surface area contributed by atoms with Crippen molar-refractivity contribution >= 4 is 65.2 Å². The van der Waals surface area contributed by atoms with Crippen LogP contribution in [0, 0.1) is 11.8 Å². The first-order valence-corrected chi connectivity index (χ1v) is 23.3. The summed E-state index contributed by atoms with van der Waals surface area (Å²) in [4.78, 5) is 141. The van der Waals surface area contributed by atoms with Crippen LogP contribution in [-0.4, -0.2) is 145 Å². The van der Waals surface area contributed by atoms with Crippen molar-refractivity contribution in [2.75, 3.05) is 0 Å². The van der Waals surface area contributed by atoms with Gasteiger partial charge in [0.1, 0.15) is 36.3 Å². The fourth-order valence-corrected chi connectivity index (χ4v) is 7.07. The molecule has 7 amide bonds. The van der Waals surface area contributed by atoms with Crippen LogP contribution < -0.4 is 43.0 Å². The molecule has 2 rings (SSSR count). The first kappa shape index (κ1) is 60.7. The van der Waals surface area contributed by atoms with Gasteiger partial charge in [-0.05, 0) is 62.0 Å². The van der Waals surface area contributed by atoms with Gasteiger partial charge in [-0.15, -0.1) is 0 Å². The zero-order valence-electron chi connectivity index (χ0n) is 40.8. The summed E-state index contributed by atoms with van der Waals surface area (Å²) in [5.41, 5.74) is 6.94. The molecule has 0 spiro atoms. The number of hydrogen-bond acceptors (Lipinski definition) is 13. The van der Waals surface area contributed by atoms with Crippen LogP contribution in [0.5, 0.6) is 0 Å². The quantitative estimate of drug-likeness (QED) is 0.0416. The molecule has 2 aromatic rings. The molecule has 14 N–H and O–H groups in total. The third-order valence-electron chi connectivity index (χ3n) is 11.1. The highest BCUT2D eigenvalue weighted by atomic mass is 16.4. The number of nitrogens with two attached hydrogens (primary N) is 1. The monoisotopic (exact) mass is 1010 g/mol. The minimum Gasteiger partial charge on any atom is -0.481 e. The molecule has 0 heterocycles. The fraction of sp³-hybridized carbons (Fsp3) is 0.521. The Morgan fingerprint density at radius 3 is 1.36 bits per heavy atom. The first-order valence-electron chi connectivity index (χ1n) is 23.3. The highest BCUT2D eigenvalue weighted by Gasteiger charge is 2.36. The minimum absolute atomic E-state index is 0.0464. The molecule has 0 saturated heterocycles. The van der Waals surface area contributed by atoms with Crippen LogP contribution in [0.1, 0.15) is 90.7 Å². The van der Waals surface area contributed by atoms with E-state index < -0.39 is 158 Å². The number of aliphatic hydroxyl groups excluding tert-OH is 1. The van der Waals surface area contributed by atoms with Crippen molar-refractivity contribution in [3.63, 3.8) is 0 Å². The average Bonchev–Trinajstić information content (AvgIpc) is 3.31. The van der Waals surface area contributed by atoms with E-state index in [2.05, 4.69) is 37.2 Å². The predicted molar refractivity (Wildman–Crippen MR) is 256 cm³/mol. The molecule has 0 bridgehead atoms. The molecular formula is C48H68N8O16. The molecule has 0 fully saturated rings. The molecular weight excluding hydrogens is 945 g/mol. The highest BCUT2D eigenvalue weighted by molar-refractivity contribution is 5.96. The molecule has 0 aliphatic rings. The van der Waals surface area contributed by atoms with Gasteiger partial charge in [0.05, 0.1) is 12.1 Å². The molecule has 0 aliphatic carbocycles. The summed E-state index contributed by atoms with van der Waals surface area (Å²) in [5, 5.41) is 66.0. The van der Waals surface area contributed by atoms with E-state index >= 15 is 0 Å². The van der Waals surface area contributed by atoms with Crippen molar-refractivity contribution in [1.29, 1.82) is 0 Å². The van der Waals surface area contributed by atoms with Crippen molar-refractivity contribution in [2.45, 2.75) is 147 Å². The van der Waals surface area contributed by atoms with E-state index in [9.17, 15) is 73.2 Å². The van der Waals surface area contributed by atoms with Crippen LogP contribution in [0.4, 0.5) is 0 Å². The summed E-state index contributed by atoms with van der Waals surface area (Å²) in [6.45, 7) is 7.94. The zero-order valence-corrected chi connectivity index (χ0v) is 40.8. The molecule has 0 saturated carbocycles. The highest BCUT2D eigenvalue weighted by Crippen LogP contribution is 2.13. The average molecular weight is 1010 g/mol. The number of nitrogens with one attached hydrogen (secondary N) is 7. The van der Waals surface area contributed by atoms with Crippen LogP contribution in [0.25, 0.3) is 0 Å². The van der Waals surface area contributed by atoms with E-state index in [-0.39, 0.29) is 31.6 Å². The molecule has 0 aliphatic heterocycles. The van der Waals surface area contributed by atoms with Crippen LogP contribution in [-0.2, 0) is 65.6 Å². The second-order valence-corrected chi connectivity index (χ2v) is 18.0. The van der Waals surface area contributed by atoms with Crippen molar-refractivity contribution in [3.8, 4) is 0 Å². The summed E-state index contributed by atoms with van der Waals surface area (Å²) < 4.78 is 0. The normalized spacial score (nSPS) is 14.8. The molecule has 24 heteroatoms. The molecule has 0 radical (unpaired) electrons. The van der Waals surface area contributed by atoms with E-state index in [1.54, 1.807) is 88.4 Å². The Hall–Kier alpha value is -7.47. The van der Waals surface area contributed by atoms with Gasteiger partial charge in [0.2, 0.25) is 35.4 Å². The summed E-state index contributed by atoms with van der Waals surface area (Å²) in [5.74, 6) is -13.0. The fourth-order valence-electron chi connectivity index (χ4n) is 7.07. The predicted octanol–water partition coefficient (Wildman–Crippen LogP) is -1.05. The molecule has 9 atom stereocenters. The lowest BCUT2D eigenvalue weighted by Gasteiger charge is -2.30. The van der Waals surface area contributed by atoms with E-state index in [1.807, 2.05) is 0 Å². The van der Waals surface area contributed by atoms with Gasteiger partial charge in [-0.2, -0.15) is 0 Å². The number of aliphatic carboxylic acids is 4. The maximum atomic E-state index is 14.0. The van der Waals surface area contributed by atoms with E-state index in [0.717, 1.165) is 6.92 Å². The Bertz CT molecular complexity index is 2190. The number of aliphatic hydroxyl groups is 1. The smallest absolute Gasteiger partial charge is 0.326 e. The van der Waals surface area contributed by atoms with Crippen LogP contribution >= 0.6 is 0 Å². The number of rotatable bonds is 32. The third kappa shape index (κ3) is 22.1. The summed E-state index contributed by atoms with van der Waals surface area (Å²) in [6, 6.07) is 4.94. The van der Waals surface area contributed by atoms with E-state index in [0.29, 0.717) is 11.1 Å². The lowest BCUT2D eigenvalue weighted by atomic mass is 9.97. The van der Waals surface area contributed by atoms with Gasteiger partial charge in [-0.3, -0.25) is 47.9 Å². The summed E-state index contributed by atoms with van der Waals surface area (Å²) >= 11 is 0. The number of carboxylic acids is 4. The topological polar surface area (TPSA) is 399 Å². The first-order chi connectivity index (χ1) is 33.8.